The van der Waals surface area contributed by atoms with Gasteiger partial charge in [-0.2, -0.15) is 16.8 Å². The molecule has 0 aliphatic heterocycles. The van der Waals surface area contributed by atoms with Crippen LogP contribution in [-0.4, -0.2) is 84.2 Å². The molecule has 0 bridgehead atoms. The van der Waals surface area contributed by atoms with E-state index in [1.54, 1.807) is 0 Å². The first-order valence-corrected chi connectivity index (χ1v) is 18.6. The molecule has 0 spiro atoms. The van der Waals surface area contributed by atoms with Crippen LogP contribution in [0.25, 0.3) is 0 Å². The molecule has 0 aromatic heterocycles. The minimum absolute atomic E-state index is 0.0882. The lowest BCUT2D eigenvalue weighted by Crippen LogP contribution is -2.34. The smallest absolute Gasteiger partial charge is 0.410 e. The second-order valence-corrected chi connectivity index (χ2v) is 14.6. The molecular weight excluding hydrogens is 800 g/mol. The number of oxime groups is 2. The van der Waals surface area contributed by atoms with E-state index in [1.807, 2.05) is 0 Å². The molecule has 2 aromatic carbocycles. The van der Waals surface area contributed by atoms with Gasteiger partial charge in [-0.3, -0.25) is 18.7 Å². The topological polar surface area (TPSA) is 251 Å². The largest absolute Gasteiger partial charge is 0.446 e. The molecule has 0 aliphatic rings. The second-order valence-electron chi connectivity index (χ2n) is 8.15. The molecule has 0 unspecified atom stereocenters. The Balaban J connectivity index is 1.70. The van der Waals surface area contributed by atoms with Crippen molar-refractivity contribution < 1.29 is 54.3 Å². The average Bonchev–Trinajstić information content (AvgIpc) is 2.93. The third-order valence-corrected chi connectivity index (χ3v) is 9.38. The first-order chi connectivity index (χ1) is 20.6. The number of carbonyl (C=O) groups excluding carboxylic acids is 2. The number of carbonyl (C=O) groups is 2. The Hall–Kier alpha value is -2.60. The van der Waals surface area contributed by atoms with E-state index in [-0.39, 0.29) is 57.8 Å². The minimum Gasteiger partial charge on any atom is -0.410 e. The van der Waals surface area contributed by atoms with Gasteiger partial charge < -0.3 is 29.4 Å². The number of amides is 2. The fourth-order valence-electron chi connectivity index (χ4n) is 3.11. The van der Waals surface area contributed by atoms with Crippen LogP contribution in [0.2, 0.25) is 0 Å². The molecule has 22 heteroatoms. The van der Waals surface area contributed by atoms with Crippen LogP contribution < -0.4 is 19.0 Å². The lowest BCUT2D eigenvalue weighted by atomic mass is 10.1. The monoisotopic (exact) mass is 822 g/mol. The molecule has 0 aliphatic carbocycles. The van der Waals surface area contributed by atoms with Gasteiger partial charge in [0.15, 0.2) is 11.5 Å². The fourth-order valence-corrected chi connectivity index (χ4v) is 6.71. The fraction of sp³-hybridized carbons (Fsp3) is 0.273. The van der Waals surface area contributed by atoms with Crippen molar-refractivity contribution >= 4 is 97.5 Å². The summed E-state index contributed by atoms with van der Waals surface area (Å²) in [6.07, 6.45) is -0.252. The summed E-state index contributed by atoms with van der Waals surface area (Å²) in [6, 6.07) is 8.31. The summed E-state index contributed by atoms with van der Waals surface area (Å²) < 4.78 is 70.6. The van der Waals surface area contributed by atoms with E-state index in [0.717, 1.165) is 0 Å². The van der Waals surface area contributed by atoms with Crippen LogP contribution in [0.3, 0.4) is 0 Å². The first kappa shape index (κ1) is 37.6. The van der Waals surface area contributed by atoms with Crippen molar-refractivity contribution in [1.82, 2.24) is 10.6 Å². The Bertz CT molecular complexity index is 1620. The summed E-state index contributed by atoms with van der Waals surface area (Å²) in [7, 11) is -6.71. The summed E-state index contributed by atoms with van der Waals surface area (Å²) in [4.78, 5) is 24.7. The standard InChI is InChI=1S/C22H24Br2N4O12S4/c23-15-3-1-14(12-20(15)40-44(36,37)38)11-18(28-32)22(30)26-6-8-42-41-7-5-25-21(29)17(27-31)10-13-2-4-19(16(24)9-13)39-43(33,34)35/h1-4,9,12,31-32H,5-8,10-11H2,(H,25,29)(H,26,30)(H,33,34,35)(H,36,37,38)/b27-17+,28-18+. The zero-order valence-electron chi connectivity index (χ0n) is 22.0. The van der Waals surface area contributed by atoms with E-state index < -0.39 is 32.6 Å². The van der Waals surface area contributed by atoms with Gasteiger partial charge in [0.05, 0.1) is 8.95 Å². The number of halogens is 2. The summed E-state index contributed by atoms with van der Waals surface area (Å²) in [6.45, 7) is 0.439. The molecule has 0 fully saturated rings. The predicted octanol–water partition coefficient (Wildman–Crippen LogP) is 2.63. The van der Waals surface area contributed by atoms with Crippen molar-refractivity contribution in [2.45, 2.75) is 12.8 Å². The molecule has 2 rings (SSSR count). The SMILES string of the molecule is O=C(NCCSSCCNC(=O)/C(Cc1ccc(Br)c(OS(=O)(=O)O)c1)=N/O)/C(Cc1ccc(OS(=O)(=O)O)c(Br)c1)=N/O. The van der Waals surface area contributed by atoms with Crippen LogP contribution in [0.5, 0.6) is 11.5 Å². The molecule has 0 saturated heterocycles. The van der Waals surface area contributed by atoms with Crippen LogP contribution >= 0.6 is 53.4 Å². The predicted molar refractivity (Wildman–Crippen MR) is 169 cm³/mol. The van der Waals surface area contributed by atoms with Gasteiger partial charge in [-0.15, -0.1) is 0 Å². The Morgan fingerprint density at radius 1 is 0.727 bits per heavy atom. The van der Waals surface area contributed by atoms with E-state index in [4.69, 9.17) is 9.11 Å². The van der Waals surface area contributed by atoms with Gasteiger partial charge in [-0.05, 0) is 67.3 Å². The molecule has 2 amide bonds. The van der Waals surface area contributed by atoms with Crippen LogP contribution in [0.4, 0.5) is 0 Å². The Morgan fingerprint density at radius 2 is 1.18 bits per heavy atom. The molecule has 16 nitrogen and oxygen atoms in total. The molecule has 242 valence electrons. The maximum Gasteiger partial charge on any atom is 0.446 e. The van der Waals surface area contributed by atoms with Gasteiger partial charge in [0.25, 0.3) is 11.8 Å². The van der Waals surface area contributed by atoms with Gasteiger partial charge in [-0.25, -0.2) is 0 Å². The van der Waals surface area contributed by atoms with Crippen LogP contribution in [-0.2, 0) is 43.2 Å². The van der Waals surface area contributed by atoms with E-state index in [0.29, 0.717) is 22.6 Å². The van der Waals surface area contributed by atoms with Gasteiger partial charge in [0, 0.05) is 37.4 Å². The van der Waals surface area contributed by atoms with Crippen molar-refractivity contribution in [3.63, 3.8) is 0 Å². The van der Waals surface area contributed by atoms with Crippen LogP contribution in [0.1, 0.15) is 11.1 Å². The number of rotatable bonds is 17. The number of nitrogens with one attached hydrogen (secondary N) is 2. The molecule has 6 N–H and O–H groups in total. The van der Waals surface area contributed by atoms with Crippen molar-refractivity contribution in [3.05, 3.63) is 56.5 Å². The summed E-state index contributed by atoms with van der Waals surface area (Å²) in [5.74, 6) is -0.751. The van der Waals surface area contributed by atoms with Gasteiger partial charge >= 0.3 is 20.8 Å². The summed E-state index contributed by atoms with van der Waals surface area (Å²) in [5.41, 5.74) is 0.401. The molecule has 0 heterocycles. The molecule has 0 radical (unpaired) electrons. The maximum absolute atomic E-state index is 12.4. The molecule has 2 aromatic rings. The molecule has 44 heavy (non-hydrogen) atoms. The third-order valence-electron chi connectivity index (χ3n) is 4.92. The number of hydrogen-bond acceptors (Lipinski definition) is 14. The summed E-state index contributed by atoms with van der Waals surface area (Å²) in [5, 5.41) is 29.7. The van der Waals surface area contributed by atoms with E-state index >= 15 is 0 Å². The van der Waals surface area contributed by atoms with Crippen LogP contribution in [0.15, 0.2) is 55.7 Å². The lowest BCUT2D eigenvalue weighted by Gasteiger charge is -2.10. The zero-order valence-corrected chi connectivity index (χ0v) is 28.5. The summed E-state index contributed by atoms with van der Waals surface area (Å²) >= 11 is 6.17. The van der Waals surface area contributed by atoms with Crippen LogP contribution in [0, 0.1) is 0 Å². The van der Waals surface area contributed by atoms with E-state index in [9.17, 15) is 36.8 Å². The Labute approximate surface area is 276 Å². The number of nitrogens with zero attached hydrogens (tertiary/aromatic N) is 2. The lowest BCUT2D eigenvalue weighted by molar-refractivity contribution is -0.115. The van der Waals surface area contributed by atoms with Gasteiger partial charge in [0.2, 0.25) is 0 Å². The van der Waals surface area contributed by atoms with Crippen molar-refractivity contribution in [1.29, 1.82) is 0 Å². The third kappa shape index (κ3) is 14.0. The highest BCUT2D eigenvalue weighted by Gasteiger charge is 2.17. The van der Waals surface area contributed by atoms with Gasteiger partial charge in [-0.1, -0.05) is 44.0 Å². The van der Waals surface area contributed by atoms with E-state index in [2.05, 4.69) is 61.2 Å². The van der Waals surface area contributed by atoms with Gasteiger partial charge in [0.1, 0.15) is 11.4 Å². The minimum atomic E-state index is -4.77. The molecule has 0 saturated carbocycles. The number of hydrogen-bond donors (Lipinski definition) is 6. The quantitative estimate of drug-likeness (QED) is 0.0335. The van der Waals surface area contributed by atoms with Crippen molar-refractivity contribution in [3.8, 4) is 11.5 Å². The maximum atomic E-state index is 12.4. The van der Waals surface area contributed by atoms with Crippen molar-refractivity contribution in [2.75, 3.05) is 24.6 Å². The first-order valence-electron chi connectivity index (χ1n) is 11.7. The number of benzene rings is 2. The van der Waals surface area contributed by atoms with E-state index in [1.165, 1.54) is 58.0 Å². The molecule has 0 atom stereocenters. The highest BCUT2D eigenvalue weighted by Crippen LogP contribution is 2.28. The Kier molecular flexibility index (Phi) is 15.2. The normalized spacial score (nSPS) is 12.5. The Morgan fingerprint density at radius 3 is 1.64 bits per heavy atom. The average molecular weight is 825 g/mol. The zero-order chi connectivity index (χ0) is 32.9. The highest BCUT2D eigenvalue weighted by atomic mass is 79.9. The second kappa shape index (κ2) is 17.8. The molecular formula is C22H24Br2N4O12S4. The highest BCUT2D eigenvalue weighted by molar-refractivity contribution is 9.11. The van der Waals surface area contributed by atoms with Crippen molar-refractivity contribution in [2.24, 2.45) is 10.3 Å².